The Bertz CT molecular complexity index is 1260. The molecule has 31 heavy (non-hydrogen) atoms. The first-order chi connectivity index (χ1) is 15.0. The highest BCUT2D eigenvalue weighted by Gasteiger charge is 2.14. The molecule has 0 fully saturated rings. The molecule has 4 rings (SSSR count). The molecule has 9 heteroatoms. The maximum Gasteiger partial charge on any atom is 0.271 e. The van der Waals surface area contributed by atoms with Crippen LogP contribution in [0.4, 0.5) is 0 Å². The molecule has 0 aliphatic heterocycles. The van der Waals surface area contributed by atoms with E-state index in [4.69, 9.17) is 16.9 Å². The molecular formula is C22H18ClN7O. The normalized spacial score (nSPS) is 11.6. The van der Waals surface area contributed by atoms with E-state index in [0.717, 1.165) is 11.3 Å². The number of rotatable bonds is 6. The number of hydrogen-bond donors (Lipinski definition) is 1. The smallest absolute Gasteiger partial charge is 0.271 e. The lowest BCUT2D eigenvalue weighted by Crippen LogP contribution is -2.36. The van der Waals surface area contributed by atoms with Gasteiger partial charge in [-0.15, -0.1) is 0 Å². The van der Waals surface area contributed by atoms with Crippen LogP contribution in [0.5, 0.6) is 0 Å². The van der Waals surface area contributed by atoms with Gasteiger partial charge >= 0.3 is 0 Å². The Morgan fingerprint density at radius 2 is 2.13 bits per heavy atom. The Balaban J connectivity index is 1.39. The number of carbonyl (C=O) groups is 1. The minimum atomic E-state index is -0.270. The molecule has 0 bridgehead atoms. The van der Waals surface area contributed by atoms with E-state index >= 15 is 0 Å². The quantitative estimate of drug-likeness (QED) is 0.503. The molecule has 4 aromatic rings. The molecule has 3 heterocycles. The molecular weight excluding hydrogens is 414 g/mol. The van der Waals surface area contributed by atoms with Gasteiger partial charge in [0.05, 0.1) is 22.8 Å². The Morgan fingerprint density at radius 1 is 1.26 bits per heavy atom. The molecule has 0 saturated carbocycles. The number of nitriles is 1. The topological polar surface area (TPSA) is 101 Å². The number of halogens is 1. The standard InChI is InChI=1S/C22H18ClN7O/c1-15(27-22(31)20-13-29(14-26-20)21-4-2-3-8-25-21)12-30-9-7-19(28-30)16-5-6-17(11-24)18(23)10-16/h2-10,13-15H,12H2,1H3,(H,27,31). The van der Waals surface area contributed by atoms with E-state index in [2.05, 4.69) is 20.4 Å². The van der Waals surface area contributed by atoms with Crippen molar-refractivity contribution in [2.75, 3.05) is 0 Å². The van der Waals surface area contributed by atoms with Gasteiger partial charge in [-0.3, -0.25) is 14.0 Å². The zero-order valence-corrected chi connectivity index (χ0v) is 17.4. The zero-order chi connectivity index (χ0) is 21.8. The van der Waals surface area contributed by atoms with Gasteiger partial charge < -0.3 is 5.32 Å². The summed E-state index contributed by atoms with van der Waals surface area (Å²) in [6, 6.07) is 14.5. The fourth-order valence-corrected chi connectivity index (χ4v) is 3.30. The van der Waals surface area contributed by atoms with Crippen molar-refractivity contribution in [1.82, 2.24) is 29.6 Å². The van der Waals surface area contributed by atoms with Gasteiger partial charge in [-0.2, -0.15) is 10.4 Å². The van der Waals surface area contributed by atoms with Crippen molar-refractivity contribution in [2.24, 2.45) is 0 Å². The van der Waals surface area contributed by atoms with Crippen molar-refractivity contribution in [3.05, 3.63) is 83.7 Å². The average Bonchev–Trinajstić information content (AvgIpc) is 3.44. The predicted octanol–water partition coefficient (Wildman–Crippen LogP) is 3.47. The number of nitrogens with one attached hydrogen (secondary N) is 1. The lowest BCUT2D eigenvalue weighted by atomic mass is 10.1. The molecule has 0 aliphatic carbocycles. The minimum absolute atomic E-state index is 0.176. The predicted molar refractivity (Wildman–Crippen MR) is 116 cm³/mol. The Morgan fingerprint density at radius 3 is 2.87 bits per heavy atom. The van der Waals surface area contributed by atoms with Crippen LogP contribution >= 0.6 is 11.6 Å². The number of imidazole rings is 1. The number of carbonyl (C=O) groups excluding carboxylic acids is 1. The summed E-state index contributed by atoms with van der Waals surface area (Å²) in [4.78, 5) is 20.9. The third kappa shape index (κ3) is 4.63. The molecule has 154 valence electrons. The van der Waals surface area contributed by atoms with Crippen LogP contribution in [0.15, 0.2) is 67.4 Å². The summed E-state index contributed by atoms with van der Waals surface area (Å²) in [6.45, 7) is 2.38. The highest BCUT2D eigenvalue weighted by atomic mass is 35.5. The number of benzene rings is 1. The lowest BCUT2D eigenvalue weighted by Gasteiger charge is -2.13. The van der Waals surface area contributed by atoms with Crippen molar-refractivity contribution in [1.29, 1.82) is 5.26 Å². The average molecular weight is 432 g/mol. The van der Waals surface area contributed by atoms with Crippen LogP contribution in [-0.4, -0.2) is 36.3 Å². The lowest BCUT2D eigenvalue weighted by molar-refractivity contribution is 0.0931. The third-order valence-corrected chi connectivity index (χ3v) is 4.91. The second-order valence-corrected chi connectivity index (χ2v) is 7.37. The molecule has 1 amide bonds. The first-order valence-electron chi connectivity index (χ1n) is 9.53. The Hall–Kier alpha value is -3.96. The summed E-state index contributed by atoms with van der Waals surface area (Å²) in [5.74, 6) is 0.419. The van der Waals surface area contributed by atoms with E-state index in [1.807, 2.05) is 43.5 Å². The van der Waals surface area contributed by atoms with Gasteiger partial charge in [0.15, 0.2) is 0 Å². The van der Waals surface area contributed by atoms with E-state index in [-0.39, 0.29) is 11.9 Å². The molecule has 8 nitrogen and oxygen atoms in total. The molecule has 0 saturated heterocycles. The molecule has 0 spiro atoms. The van der Waals surface area contributed by atoms with Gasteiger partial charge in [-0.05, 0) is 37.3 Å². The van der Waals surface area contributed by atoms with Gasteiger partial charge in [0.25, 0.3) is 5.91 Å². The van der Waals surface area contributed by atoms with Crippen LogP contribution < -0.4 is 5.32 Å². The van der Waals surface area contributed by atoms with E-state index in [0.29, 0.717) is 28.6 Å². The van der Waals surface area contributed by atoms with Crippen LogP contribution in [0.25, 0.3) is 17.1 Å². The molecule has 1 aromatic carbocycles. The molecule has 1 unspecified atom stereocenters. The highest BCUT2D eigenvalue weighted by Crippen LogP contribution is 2.24. The maximum absolute atomic E-state index is 12.5. The second kappa shape index (κ2) is 8.81. The van der Waals surface area contributed by atoms with E-state index in [9.17, 15) is 4.79 Å². The van der Waals surface area contributed by atoms with Crippen molar-refractivity contribution in [2.45, 2.75) is 19.5 Å². The van der Waals surface area contributed by atoms with Crippen LogP contribution in [-0.2, 0) is 6.54 Å². The molecule has 1 N–H and O–H groups in total. The number of aromatic nitrogens is 5. The van der Waals surface area contributed by atoms with E-state index in [1.54, 1.807) is 46.2 Å². The van der Waals surface area contributed by atoms with Crippen molar-refractivity contribution in [3.63, 3.8) is 0 Å². The first-order valence-corrected chi connectivity index (χ1v) is 9.91. The maximum atomic E-state index is 12.5. The van der Waals surface area contributed by atoms with E-state index < -0.39 is 0 Å². The summed E-state index contributed by atoms with van der Waals surface area (Å²) in [5.41, 5.74) is 2.29. The SMILES string of the molecule is CC(Cn1ccc(-c2ccc(C#N)c(Cl)c2)n1)NC(=O)c1cn(-c2ccccn2)cn1. The minimum Gasteiger partial charge on any atom is -0.346 e. The van der Waals surface area contributed by atoms with Crippen molar-refractivity contribution >= 4 is 17.5 Å². The van der Waals surface area contributed by atoms with Crippen LogP contribution in [0.2, 0.25) is 5.02 Å². The second-order valence-electron chi connectivity index (χ2n) is 6.96. The highest BCUT2D eigenvalue weighted by molar-refractivity contribution is 6.32. The fourth-order valence-electron chi connectivity index (χ4n) is 3.08. The summed E-state index contributed by atoms with van der Waals surface area (Å²) in [5, 5.41) is 16.9. The van der Waals surface area contributed by atoms with Crippen molar-refractivity contribution < 1.29 is 4.79 Å². The van der Waals surface area contributed by atoms with Gasteiger partial charge in [0.1, 0.15) is 23.9 Å². The molecule has 1 atom stereocenters. The number of pyridine rings is 1. The Labute approximate surface area is 183 Å². The van der Waals surface area contributed by atoms with Crippen molar-refractivity contribution in [3.8, 4) is 23.1 Å². The first kappa shape index (κ1) is 20.3. The largest absolute Gasteiger partial charge is 0.346 e. The van der Waals surface area contributed by atoms with Gasteiger partial charge in [0, 0.05) is 30.2 Å². The zero-order valence-electron chi connectivity index (χ0n) is 16.6. The Kier molecular flexibility index (Phi) is 5.78. The molecule has 0 aliphatic rings. The summed E-state index contributed by atoms with van der Waals surface area (Å²) in [7, 11) is 0. The van der Waals surface area contributed by atoms with Gasteiger partial charge in [0.2, 0.25) is 0 Å². The number of hydrogen-bond acceptors (Lipinski definition) is 5. The molecule has 0 radical (unpaired) electrons. The third-order valence-electron chi connectivity index (χ3n) is 4.59. The summed E-state index contributed by atoms with van der Waals surface area (Å²) in [6.07, 6.45) is 6.72. The molecule has 3 aromatic heterocycles. The van der Waals surface area contributed by atoms with Gasteiger partial charge in [-0.25, -0.2) is 9.97 Å². The summed E-state index contributed by atoms with van der Waals surface area (Å²) < 4.78 is 3.45. The van der Waals surface area contributed by atoms with Gasteiger partial charge in [-0.1, -0.05) is 23.7 Å². The number of nitrogens with zero attached hydrogens (tertiary/aromatic N) is 6. The van der Waals surface area contributed by atoms with Crippen LogP contribution in [0.3, 0.4) is 0 Å². The van der Waals surface area contributed by atoms with E-state index in [1.165, 1.54) is 0 Å². The van der Waals surface area contributed by atoms with Crippen LogP contribution in [0.1, 0.15) is 23.0 Å². The summed E-state index contributed by atoms with van der Waals surface area (Å²) >= 11 is 6.11. The monoisotopic (exact) mass is 431 g/mol. The van der Waals surface area contributed by atoms with Crippen LogP contribution in [0, 0.1) is 11.3 Å². The fraction of sp³-hybridized carbons (Fsp3) is 0.136. The number of amides is 1.